The van der Waals surface area contributed by atoms with Crippen LogP contribution in [0, 0.1) is 0 Å². The molecule has 0 unspecified atom stereocenters. The molecule has 0 radical (unpaired) electrons. The first-order valence-corrected chi connectivity index (χ1v) is 11.3. The first kappa shape index (κ1) is 21.7. The average Bonchev–Trinajstić information content (AvgIpc) is 2.85. The predicted octanol–water partition coefficient (Wildman–Crippen LogP) is 8.68. The van der Waals surface area contributed by atoms with Crippen LogP contribution in [0.1, 0.15) is 23.6 Å². The summed E-state index contributed by atoms with van der Waals surface area (Å²) in [5.74, 6) is 0. The lowest BCUT2D eigenvalue weighted by molar-refractivity contribution is 1.46. The van der Waals surface area contributed by atoms with Crippen LogP contribution in [0.2, 0.25) is 0 Å². The molecule has 0 aliphatic rings. The summed E-state index contributed by atoms with van der Waals surface area (Å²) in [4.78, 5) is 5.01. The third-order valence-electron chi connectivity index (χ3n) is 5.29. The maximum absolute atomic E-state index is 5.01. The molecule has 4 rings (SSSR count). The summed E-state index contributed by atoms with van der Waals surface area (Å²) in [6.07, 6.45) is 2.06. The molecule has 32 heavy (non-hydrogen) atoms. The van der Waals surface area contributed by atoms with Crippen LogP contribution >= 0.6 is 15.9 Å². The van der Waals surface area contributed by atoms with Gasteiger partial charge in [-0.3, -0.25) is 4.99 Å². The van der Waals surface area contributed by atoms with Gasteiger partial charge in [0, 0.05) is 15.7 Å². The highest BCUT2D eigenvalue weighted by atomic mass is 79.9. The topological polar surface area (TPSA) is 12.4 Å². The summed E-state index contributed by atoms with van der Waals surface area (Å²) in [5.41, 5.74) is 8.42. The van der Waals surface area contributed by atoms with E-state index in [-0.39, 0.29) is 0 Å². The van der Waals surface area contributed by atoms with Gasteiger partial charge in [0.25, 0.3) is 0 Å². The van der Waals surface area contributed by atoms with Crippen LogP contribution in [0.3, 0.4) is 0 Å². The first-order valence-electron chi connectivity index (χ1n) is 10.5. The van der Waals surface area contributed by atoms with Gasteiger partial charge in [-0.2, -0.15) is 0 Å². The van der Waals surface area contributed by atoms with Crippen molar-refractivity contribution in [2.24, 2.45) is 4.99 Å². The second kappa shape index (κ2) is 10.2. The van der Waals surface area contributed by atoms with E-state index in [9.17, 15) is 0 Å². The molecular formula is C30H24BrN. The summed E-state index contributed by atoms with van der Waals surface area (Å²) in [6.45, 7) is 6.32. The van der Waals surface area contributed by atoms with Crippen molar-refractivity contribution in [3.8, 4) is 11.1 Å². The maximum Gasteiger partial charge on any atom is 0.0711 e. The average molecular weight is 478 g/mol. The van der Waals surface area contributed by atoms with Gasteiger partial charge in [-0.1, -0.05) is 120 Å². The van der Waals surface area contributed by atoms with E-state index in [0.717, 1.165) is 38.1 Å². The van der Waals surface area contributed by atoms with Crippen LogP contribution in [0.4, 0.5) is 0 Å². The fourth-order valence-electron chi connectivity index (χ4n) is 3.48. The van der Waals surface area contributed by atoms with Crippen molar-refractivity contribution in [1.82, 2.24) is 0 Å². The van der Waals surface area contributed by atoms with Crippen molar-refractivity contribution < 1.29 is 0 Å². The third-order valence-corrected chi connectivity index (χ3v) is 5.82. The molecule has 156 valence electrons. The lowest BCUT2D eigenvalue weighted by Crippen LogP contribution is -1.96. The second-order valence-electron chi connectivity index (χ2n) is 7.57. The Morgan fingerprint density at radius 3 is 1.72 bits per heavy atom. The van der Waals surface area contributed by atoms with Gasteiger partial charge in [0.15, 0.2) is 0 Å². The Kier molecular flexibility index (Phi) is 6.94. The van der Waals surface area contributed by atoms with Gasteiger partial charge in [0.1, 0.15) is 0 Å². The van der Waals surface area contributed by atoms with Gasteiger partial charge in [0.05, 0.1) is 5.70 Å². The summed E-state index contributed by atoms with van der Waals surface area (Å²) >= 11 is 3.50. The van der Waals surface area contributed by atoms with Crippen LogP contribution in [0.5, 0.6) is 0 Å². The molecule has 0 aromatic heterocycles. The summed E-state index contributed by atoms with van der Waals surface area (Å²) in [7, 11) is 0. The molecule has 0 spiro atoms. The van der Waals surface area contributed by atoms with Crippen molar-refractivity contribution in [3.63, 3.8) is 0 Å². The third kappa shape index (κ3) is 5.40. The van der Waals surface area contributed by atoms with Gasteiger partial charge in [-0.05, 0) is 53.0 Å². The molecule has 0 saturated carbocycles. The maximum atomic E-state index is 5.01. The minimum atomic E-state index is 0.897. The standard InChI is InChI=1S/C30H24BrN/c1-22(24-9-5-3-6-10-24)21-30(28-11-7-4-8-12-28)32-23(2)25-13-15-26(16-14-25)27-17-19-29(31)20-18-27/h3-21H,1H2,2H3/b30-21-,32-23?. The Hall–Kier alpha value is -3.49. The molecule has 0 heterocycles. The van der Waals surface area contributed by atoms with Crippen LogP contribution in [-0.4, -0.2) is 5.71 Å². The van der Waals surface area contributed by atoms with Crippen LogP contribution in [0.15, 0.2) is 131 Å². The Labute approximate surface area is 198 Å². The van der Waals surface area contributed by atoms with E-state index in [0.29, 0.717) is 0 Å². The van der Waals surface area contributed by atoms with E-state index >= 15 is 0 Å². The van der Waals surface area contributed by atoms with Crippen LogP contribution < -0.4 is 0 Å². The number of hydrogen-bond donors (Lipinski definition) is 0. The van der Waals surface area contributed by atoms with Crippen molar-refractivity contribution in [3.05, 3.63) is 143 Å². The minimum Gasteiger partial charge on any atom is -0.252 e. The Morgan fingerprint density at radius 2 is 1.16 bits per heavy atom. The van der Waals surface area contributed by atoms with E-state index in [1.54, 1.807) is 0 Å². The fourth-order valence-corrected chi connectivity index (χ4v) is 3.75. The Morgan fingerprint density at radius 1 is 0.656 bits per heavy atom. The molecule has 0 atom stereocenters. The lowest BCUT2D eigenvalue weighted by atomic mass is 10.0. The second-order valence-corrected chi connectivity index (χ2v) is 8.48. The summed E-state index contributed by atoms with van der Waals surface area (Å²) in [5, 5.41) is 0. The van der Waals surface area contributed by atoms with E-state index < -0.39 is 0 Å². The van der Waals surface area contributed by atoms with E-state index in [2.05, 4.69) is 108 Å². The molecule has 2 heteroatoms. The molecule has 0 bridgehead atoms. The zero-order valence-electron chi connectivity index (χ0n) is 18.0. The number of allylic oxidation sites excluding steroid dienone is 2. The first-order chi connectivity index (χ1) is 15.6. The van der Waals surface area contributed by atoms with Crippen molar-refractivity contribution in [2.45, 2.75) is 6.92 Å². The summed E-state index contributed by atoms with van der Waals surface area (Å²) < 4.78 is 1.08. The van der Waals surface area contributed by atoms with Crippen LogP contribution in [-0.2, 0) is 0 Å². The lowest BCUT2D eigenvalue weighted by Gasteiger charge is -2.09. The molecule has 0 fully saturated rings. The van der Waals surface area contributed by atoms with Gasteiger partial charge in [-0.15, -0.1) is 0 Å². The number of nitrogens with zero attached hydrogens (tertiary/aromatic N) is 1. The van der Waals surface area contributed by atoms with Gasteiger partial charge in [-0.25, -0.2) is 0 Å². The highest BCUT2D eigenvalue weighted by molar-refractivity contribution is 9.10. The Balaban J connectivity index is 1.66. The molecular weight excluding hydrogens is 454 g/mol. The zero-order chi connectivity index (χ0) is 22.3. The molecule has 0 amide bonds. The molecule has 0 saturated heterocycles. The predicted molar refractivity (Wildman–Crippen MR) is 142 cm³/mol. The molecule has 0 aliphatic carbocycles. The molecule has 4 aromatic carbocycles. The Bertz CT molecular complexity index is 1250. The number of aliphatic imine (C=N–C) groups is 1. The quantitative estimate of drug-likeness (QED) is 0.194. The summed E-state index contributed by atoms with van der Waals surface area (Å²) in [6, 6.07) is 37.4. The molecule has 4 aromatic rings. The number of halogens is 1. The largest absolute Gasteiger partial charge is 0.252 e. The van der Waals surface area contributed by atoms with Crippen molar-refractivity contribution in [2.75, 3.05) is 0 Å². The monoisotopic (exact) mass is 477 g/mol. The van der Waals surface area contributed by atoms with Gasteiger partial charge >= 0.3 is 0 Å². The van der Waals surface area contributed by atoms with E-state index in [4.69, 9.17) is 4.99 Å². The number of hydrogen-bond acceptors (Lipinski definition) is 1. The number of benzene rings is 4. The van der Waals surface area contributed by atoms with Crippen LogP contribution in [0.25, 0.3) is 22.4 Å². The van der Waals surface area contributed by atoms with Gasteiger partial charge in [0.2, 0.25) is 0 Å². The smallest absolute Gasteiger partial charge is 0.0711 e. The van der Waals surface area contributed by atoms with Crippen molar-refractivity contribution in [1.29, 1.82) is 0 Å². The van der Waals surface area contributed by atoms with E-state index in [1.807, 2.05) is 36.4 Å². The molecule has 0 aliphatic heterocycles. The molecule has 1 nitrogen and oxygen atoms in total. The van der Waals surface area contributed by atoms with Crippen molar-refractivity contribution >= 4 is 32.9 Å². The fraction of sp³-hybridized carbons (Fsp3) is 0.0333. The van der Waals surface area contributed by atoms with Gasteiger partial charge < -0.3 is 0 Å². The highest BCUT2D eigenvalue weighted by Crippen LogP contribution is 2.25. The zero-order valence-corrected chi connectivity index (χ0v) is 19.6. The normalized spacial score (nSPS) is 11.9. The van der Waals surface area contributed by atoms with E-state index in [1.165, 1.54) is 11.1 Å². The highest BCUT2D eigenvalue weighted by Gasteiger charge is 2.06. The molecule has 0 N–H and O–H groups in total. The minimum absolute atomic E-state index is 0.897. The SMILES string of the molecule is C=C(/C=C(\N=C(C)c1ccc(-c2ccc(Br)cc2)cc1)c1ccccc1)c1ccccc1. The number of rotatable bonds is 6.